The highest BCUT2D eigenvalue weighted by Crippen LogP contribution is 2.58. The minimum Gasteiger partial charge on any atom is -0.493 e. The largest absolute Gasteiger partial charge is 0.525 e. The number of ether oxygens (including phenoxy) is 13. The number of carbonyl (C=O) groups is 3. The predicted octanol–water partition coefficient (Wildman–Crippen LogP) is 6.15. The van der Waals surface area contributed by atoms with Crippen LogP contribution in [-0.2, 0) is 52.1 Å². The third-order valence-corrected chi connectivity index (χ3v) is 13.1. The molecule has 4 aliphatic heterocycles. The Kier molecular flexibility index (Phi) is 15.4. The van der Waals surface area contributed by atoms with E-state index in [4.69, 9.17) is 66.1 Å². The molecule has 77 heavy (non-hydrogen) atoms. The van der Waals surface area contributed by atoms with Crippen LogP contribution in [0.5, 0.6) is 40.2 Å². The molecule has 31 heteroatoms. The summed E-state index contributed by atoms with van der Waals surface area (Å²) in [5, 5.41) is 0. The van der Waals surface area contributed by atoms with Gasteiger partial charge in [-0.3, -0.25) is 19.4 Å². The maximum atomic E-state index is 14.6. The highest BCUT2D eigenvalue weighted by molar-refractivity contribution is 7.46. The van der Waals surface area contributed by atoms with Crippen molar-refractivity contribution in [3.8, 4) is 40.2 Å². The van der Waals surface area contributed by atoms with Crippen molar-refractivity contribution in [1.29, 1.82) is 0 Å². The lowest BCUT2D eigenvalue weighted by molar-refractivity contribution is -0.365. The lowest BCUT2D eigenvalue weighted by Crippen LogP contribution is -2.65. The second-order valence-electron chi connectivity index (χ2n) is 17.2. The number of hydrogen-bond donors (Lipinski definition) is 2. The molecule has 20 nitrogen and oxygen atoms in total. The van der Waals surface area contributed by atoms with Crippen LogP contribution in [0.1, 0.15) is 42.1 Å². The van der Waals surface area contributed by atoms with Crippen molar-refractivity contribution in [1.82, 2.24) is 0 Å². The third kappa shape index (κ3) is 10.4. The molecule has 5 aliphatic rings. The van der Waals surface area contributed by atoms with Crippen molar-refractivity contribution in [3.63, 3.8) is 0 Å². The summed E-state index contributed by atoms with van der Waals surface area (Å²) in [5.41, 5.74) is 0.645. The number of esters is 3. The molecule has 416 valence electrons. The maximum Gasteiger partial charge on any atom is 0.525 e. The normalized spacial score (nSPS) is 25.2. The van der Waals surface area contributed by atoms with Gasteiger partial charge in [-0.15, -0.1) is 0 Å². The van der Waals surface area contributed by atoms with Crippen LogP contribution in [0.4, 0.5) is 43.9 Å². The average molecular weight is 1130 g/mol. The number of hydrogen-bond acceptors (Lipinski definition) is 18. The fourth-order valence-electron chi connectivity index (χ4n) is 9.34. The standard InChI is InChI=1S/C46H37F10O20P/c1-14-66-11-23-40(71-14)43(74-25(58)12-67-42-36(55)32(51)29(48)33(52)37(42)56)44(73-24(57)4-5-65-41-34(53)30(49)28(47)31(50)35(41)54)46(72-23)75-38-17-9-20-19(69-13-70-20)8-16(17)26(27-18(38)10-68-45(27)59)15-6-21(63-2)39(22(7-15)64-3)76-77(60,61)62/h6-9,14,18,23,26-27,38,40,43-44,46H,4-5,10-13H2,1-3H3,(H2,60,61,62)/t14?,18?,23?,26?,27-,38+,40?,43?,44?,46?/m0/s1. The van der Waals surface area contributed by atoms with Crippen LogP contribution in [0.2, 0.25) is 0 Å². The van der Waals surface area contributed by atoms with E-state index in [1.165, 1.54) is 31.2 Å². The molecule has 4 aromatic rings. The van der Waals surface area contributed by atoms with E-state index in [1.807, 2.05) is 0 Å². The van der Waals surface area contributed by atoms with Gasteiger partial charge >= 0.3 is 25.7 Å². The molecule has 0 saturated carbocycles. The van der Waals surface area contributed by atoms with Gasteiger partial charge < -0.3 is 66.1 Å². The van der Waals surface area contributed by atoms with Gasteiger partial charge in [0.15, 0.2) is 65.9 Å². The molecular weight excluding hydrogens is 1090 g/mol. The zero-order chi connectivity index (χ0) is 55.5. The highest BCUT2D eigenvalue weighted by Gasteiger charge is 2.58. The Morgan fingerprint density at radius 3 is 1.79 bits per heavy atom. The lowest BCUT2D eigenvalue weighted by Gasteiger charge is -2.49. The Balaban J connectivity index is 1.10. The van der Waals surface area contributed by atoms with Crippen LogP contribution in [0.25, 0.3) is 0 Å². The van der Waals surface area contributed by atoms with Gasteiger partial charge in [0.2, 0.25) is 70.7 Å². The number of benzene rings is 4. The molecule has 9 rings (SSSR count). The first-order valence-corrected chi connectivity index (χ1v) is 23.9. The van der Waals surface area contributed by atoms with Gasteiger partial charge in [-0.05, 0) is 47.9 Å². The molecule has 8 unspecified atom stereocenters. The van der Waals surface area contributed by atoms with E-state index in [9.17, 15) is 72.6 Å². The van der Waals surface area contributed by atoms with E-state index in [-0.39, 0.29) is 46.5 Å². The van der Waals surface area contributed by atoms with Gasteiger partial charge in [0.05, 0.1) is 52.5 Å². The molecular formula is C46H37F10O20P. The molecule has 1 aliphatic carbocycles. The molecule has 3 saturated heterocycles. The summed E-state index contributed by atoms with van der Waals surface area (Å²) in [6.45, 7) is -2.50. The summed E-state index contributed by atoms with van der Waals surface area (Å²) >= 11 is 0. The van der Waals surface area contributed by atoms with Crippen LogP contribution in [0.3, 0.4) is 0 Å². The molecule has 2 N–H and O–H groups in total. The van der Waals surface area contributed by atoms with Crippen LogP contribution >= 0.6 is 7.82 Å². The predicted molar refractivity (Wildman–Crippen MR) is 225 cm³/mol. The Bertz CT molecular complexity index is 2990. The monoisotopic (exact) mass is 1130 g/mol. The van der Waals surface area contributed by atoms with Crippen molar-refractivity contribution in [3.05, 3.63) is 99.1 Å². The molecule has 4 heterocycles. The topological polar surface area (TPSA) is 238 Å². The summed E-state index contributed by atoms with van der Waals surface area (Å²) in [5.74, 6) is -36.2. The van der Waals surface area contributed by atoms with Crippen LogP contribution in [0.15, 0.2) is 24.3 Å². The maximum absolute atomic E-state index is 14.6. The van der Waals surface area contributed by atoms with E-state index in [2.05, 4.69) is 0 Å². The quantitative estimate of drug-likeness (QED) is 0.0320. The first-order chi connectivity index (χ1) is 36.5. The smallest absolute Gasteiger partial charge is 0.493 e. The van der Waals surface area contributed by atoms with Crippen LogP contribution < -0.4 is 32.9 Å². The second kappa shape index (κ2) is 21.5. The summed E-state index contributed by atoms with van der Waals surface area (Å²) in [6, 6.07) is 5.56. The van der Waals surface area contributed by atoms with Crippen molar-refractivity contribution in [2.75, 3.05) is 47.4 Å². The fraction of sp³-hybridized carbons (Fsp3) is 0.413. The van der Waals surface area contributed by atoms with Gasteiger partial charge in [0.1, 0.15) is 12.2 Å². The minimum absolute atomic E-state index is 0.130. The third-order valence-electron chi connectivity index (χ3n) is 12.6. The summed E-state index contributed by atoms with van der Waals surface area (Å²) in [4.78, 5) is 60.8. The first-order valence-electron chi connectivity index (χ1n) is 22.4. The van der Waals surface area contributed by atoms with E-state index in [0.29, 0.717) is 0 Å². The molecule has 0 aromatic heterocycles. The molecule has 10 atom stereocenters. The first kappa shape index (κ1) is 55.0. The number of carbonyl (C=O) groups excluding carboxylic acids is 3. The lowest BCUT2D eigenvalue weighted by atomic mass is 9.66. The number of cyclic esters (lactones) is 1. The Labute approximate surface area is 424 Å². The van der Waals surface area contributed by atoms with Crippen LogP contribution in [-0.4, -0.2) is 112 Å². The summed E-state index contributed by atoms with van der Waals surface area (Å²) in [7, 11) is -2.92. The molecule has 3 fully saturated rings. The number of methoxy groups -OCH3 is 2. The number of fused-ring (bicyclic) bond motifs is 4. The number of halogens is 10. The molecule has 0 bridgehead atoms. The Morgan fingerprint density at radius 1 is 0.675 bits per heavy atom. The zero-order valence-electron chi connectivity index (χ0n) is 39.3. The number of phosphoric ester groups is 1. The van der Waals surface area contributed by atoms with E-state index < -0.39 is 195 Å². The second-order valence-corrected chi connectivity index (χ2v) is 18.3. The highest BCUT2D eigenvalue weighted by atomic mass is 31.2. The SMILES string of the molecule is COc1cc(C2c3cc4c(cc3[C@@H](OC3OC5COC(C)OC5C(OC(=O)COc5c(F)c(F)c(F)c(F)c5F)C3OC(=O)CCOc3c(F)c(F)c(F)c(F)c3F)C3COC(=O)[C@H]23)OCO4)cc(OC)c1OP(=O)(O)O. The average Bonchev–Trinajstić information content (AvgIpc) is 4.05. The van der Waals surface area contributed by atoms with Crippen molar-refractivity contribution in [2.45, 2.75) is 62.4 Å². The van der Waals surface area contributed by atoms with Crippen molar-refractivity contribution in [2.24, 2.45) is 11.8 Å². The van der Waals surface area contributed by atoms with Gasteiger partial charge in [-0.1, -0.05) is 0 Å². The summed E-state index contributed by atoms with van der Waals surface area (Å²) in [6.07, 6.45) is -12.8. The summed E-state index contributed by atoms with van der Waals surface area (Å²) < 4.78 is 232. The molecule has 0 spiro atoms. The van der Waals surface area contributed by atoms with Crippen molar-refractivity contribution < 1.29 is 139 Å². The zero-order valence-corrected chi connectivity index (χ0v) is 40.2. The molecule has 0 radical (unpaired) electrons. The fourth-order valence-corrected chi connectivity index (χ4v) is 9.76. The number of rotatable bonds is 16. The molecule has 4 aromatic carbocycles. The van der Waals surface area contributed by atoms with E-state index in [1.54, 1.807) is 0 Å². The van der Waals surface area contributed by atoms with Gasteiger partial charge in [0.25, 0.3) is 0 Å². The van der Waals surface area contributed by atoms with Crippen LogP contribution in [0, 0.1) is 70.0 Å². The van der Waals surface area contributed by atoms with Crippen molar-refractivity contribution >= 4 is 25.7 Å². The van der Waals surface area contributed by atoms with E-state index in [0.717, 1.165) is 14.2 Å². The minimum atomic E-state index is -5.23. The van der Waals surface area contributed by atoms with Gasteiger partial charge in [-0.25, -0.2) is 35.7 Å². The van der Waals surface area contributed by atoms with E-state index >= 15 is 0 Å². The van der Waals surface area contributed by atoms with Gasteiger partial charge in [0, 0.05) is 11.8 Å². The number of phosphoric acid groups is 1. The Morgan fingerprint density at radius 2 is 1.22 bits per heavy atom. The Hall–Kier alpha value is -6.82. The molecule has 0 amide bonds. The van der Waals surface area contributed by atoms with Gasteiger partial charge in [-0.2, -0.15) is 17.6 Å².